The molecule has 0 N–H and O–H groups in total. The normalized spacial score (nSPS) is 26.5. The predicted molar refractivity (Wildman–Crippen MR) is 39.9 cm³/mol. The monoisotopic (exact) mass is 192 g/mol. The molecule has 0 aromatic carbocycles. The van der Waals surface area contributed by atoms with E-state index in [1.165, 1.54) is 0 Å². The van der Waals surface area contributed by atoms with Gasteiger partial charge in [-0.2, -0.15) is 18.0 Å². The molecule has 0 saturated carbocycles. The van der Waals surface area contributed by atoms with Crippen LogP contribution < -0.4 is 0 Å². The molecule has 1 fully saturated rings. The molecule has 1 rings (SSSR count). The topological polar surface area (TPSA) is 61.2 Å². The van der Waals surface area contributed by atoms with Gasteiger partial charge < -0.3 is 0 Å². The summed E-state index contributed by atoms with van der Waals surface area (Å²) in [6, 6.07) is 1.93. The minimum Gasteiger partial charge on any atom is -0.198 e. The third-order valence-electron chi connectivity index (χ3n) is 1.88. The molecule has 4 nitrogen and oxygen atoms in total. The van der Waals surface area contributed by atoms with Crippen LogP contribution in [0.2, 0.25) is 0 Å². The Balaban J connectivity index is 2.66. The first-order chi connectivity index (χ1) is 5.54. The van der Waals surface area contributed by atoms with Gasteiger partial charge in [-0.15, -0.1) is 0 Å². The molecule has 1 saturated heterocycles. The van der Waals surface area contributed by atoms with Gasteiger partial charge in [-0.05, 0) is 12.8 Å². The Morgan fingerprint density at radius 2 is 2.25 bits per heavy atom. The second-order valence-electron chi connectivity index (χ2n) is 2.77. The highest BCUT2D eigenvalue weighted by molar-refractivity contribution is 7.83. The van der Waals surface area contributed by atoms with Gasteiger partial charge in [0.1, 0.15) is 0 Å². The molecule has 1 heterocycles. The minimum atomic E-state index is -4.59. The maximum Gasteiger partial charge on any atom is 0.374 e. The first-order valence-corrected chi connectivity index (χ1v) is 4.97. The van der Waals surface area contributed by atoms with E-state index in [0.717, 1.165) is 0 Å². The number of nitrogens with zero attached hydrogens (tertiary/aromatic N) is 2. The van der Waals surface area contributed by atoms with Crippen LogP contribution in [0.3, 0.4) is 0 Å². The van der Waals surface area contributed by atoms with Gasteiger partial charge in [0, 0.05) is 13.1 Å². The van der Waals surface area contributed by atoms with Crippen LogP contribution >= 0.6 is 0 Å². The molecule has 0 bridgehead atoms. The van der Waals surface area contributed by atoms with Crippen molar-refractivity contribution < 1.29 is 12.3 Å². The molecule has 6 heteroatoms. The molecule has 0 aromatic rings. The maximum absolute atomic E-state index is 12.4. The van der Waals surface area contributed by atoms with Gasteiger partial charge in [0.25, 0.3) is 0 Å². The molecule has 0 aliphatic carbocycles. The number of hydrogen-bond acceptors (Lipinski definition) is 3. The second-order valence-corrected chi connectivity index (χ2v) is 4.11. The second kappa shape index (κ2) is 3.37. The summed E-state index contributed by atoms with van der Waals surface area (Å²) in [6.45, 7) is 0.187. The van der Waals surface area contributed by atoms with Crippen LogP contribution in [0.15, 0.2) is 0 Å². The van der Waals surface area contributed by atoms with E-state index in [2.05, 4.69) is 0 Å². The molecule has 0 aromatic heterocycles. The van der Waals surface area contributed by atoms with E-state index in [1.54, 1.807) is 0 Å². The molecule has 0 radical (unpaired) electrons. The third-order valence-corrected chi connectivity index (χ3v) is 2.82. The Bertz CT molecular complexity index is 295. The molecule has 1 unspecified atom stereocenters. The van der Waals surface area contributed by atoms with Gasteiger partial charge in [0.05, 0.1) is 12.0 Å². The van der Waals surface area contributed by atoms with Crippen molar-refractivity contribution in [1.82, 2.24) is 4.31 Å². The number of halogens is 1. The molecule has 1 atom stereocenters. The number of nitriles is 1. The minimum absolute atomic E-state index is 0.00463. The summed E-state index contributed by atoms with van der Waals surface area (Å²) in [4.78, 5) is 0. The smallest absolute Gasteiger partial charge is 0.198 e. The van der Waals surface area contributed by atoms with Crippen molar-refractivity contribution in [3.8, 4) is 6.07 Å². The van der Waals surface area contributed by atoms with E-state index in [0.29, 0.717) is 17.1 Å². The number of piperidine rings is 1. The van der Waals surface area contributed by atoms with Gasteiger partial charge >= 0.3 is 10.4 Å². The molecule has 0 spiro atoms. The average Bonchev–Trinajstić information content (AvgIpc) is 2.03. The maximum atomic E-state index is 12.4. The highest BCUT2D eigenvalue weighted by Crippen LogP contribution is 2.18. The Hall–Kier alpha value is -0.670. The zero-order valence-electron chi connectivity index (χ0n) is 6.40. The van der Waals surface area contributed by atoms with E-state index >= 15 is 0 Å². The Morgan fingerprint density at radius 1 is 1.58 bits per heavy atom. The molecule has 1 aliphatic heterocycles. The lowest BCUT2D eigenvalue weighted by Gasteiger charge is -2.24. The van der Waals surface area contributed by atoms with Crippen molar-refractivity contribution in [2.75, 3.05) is 13.1 Å². The van der Waals surface area contributed by atoms with E-state index < -0.39 is 10.4 Å². The lowest BCUT2D eigenvalue weighted by Crippen LogP contribution is -2.37. The van der Waals surface area contributed by atoms with E-state index in [1.807, 2.05) is 6.07 Å². The van der Waals surface area contributed by atoms with Gasteiger partial charge in [0.2, 0.25) is 0 Å². The van der Waals surface area contributed by atoms with E-state index in [4.69, 9.17) is 5.26 Å². The predicted octanol–water partition coefficient (Wildman–Crippen LogP) is 0.436. The zero-order valence-corrected chi connectivity index (χ0v) is 7.22. The first-order valence-electron chi connectivity index (χ1n) is 3.63. The van der Waals surface area contributed by atoms with E-state index in [-0.39, 0.29) is 19.0 Å². The fourth-order valence-corrected chi connectivity index (χ4v) is 1.95. The Morgan fingerprint density at radius 3 is 2.75 bits per heavy atom. The summed E-state index contributed by atoms with van der Waals surface area (Å²) in [5.41, 5.74) is 0. The quantitative estimate of drug-likeness (QED) is 0.566. The van der Waals surface area contributed by atoms with Crippen molar-refractivity contribution >= 4 is 10.4 Å². The average molecular weight is 192 g/mol. The van der Waals surface area contributed by atoms with Crippen LogP contribution in [0, 0.1) is 17.2 Å². The van der Waals surface area contributed by atoms with Crippen LogP contribution in [0.5, 0.6) is 0 Å². The van der Waals surface area contributed by atoms with Crippen molar-refractivity contribution in [3.63, 3.8) is 0 Å². The molecular formula is C6H9FN2O2S. The van der Waals surface area contributed by atoms with E-state index in [9.17, 15) is 12.3 Å². The van der Waals surface area contributed by atoms with Crippen LogP contribution in [-0.4, -0.2) is 25.8 Å². The molecule has 1 aliphatic rings. The highest BCUT2D eigenvalue weighted by Gasteiger charge is 2.28. The molecular weight excluding hydrogens is 183 g/mol. The van der Waals surface area contributed by atoms with Gasteiger partial charge in [0.15, 0.2) is 0 Å². The molecule has 68 valence electrons. The van der Waals surface area contributed by atoms with Crippen molar-refractivity contribution in [2.24, 2.45) is 5.92 Å². The fourth-order valence-electron chi connectivity index (χ4n) is 1.25. The number of hydrogen-bond donors (Lipinski definition) is 0. The number of rotatable bonds is 1. The summed E-state index contributed by atoms with van der Waals surface area (Å²) < 4.78 is 33.9. The fraction of sp³-hybridized carbons (Fsp3) is 0.833. The SMILES string of the molecule is N#CC1CCCN(S(=O)(=O)F)C1. The lowest BCUT2D eigenvalue weighted by molar-refractivity contribution is 0.292. The summed E-state index contributed by atoms with van der Waals surface area (Å²) in [7, 11) is -4.59. The van der Waals surface area contributed by atoms with Crippen LogP contribution in [-0.2, 0) is 10.4 Å². The zero-order chi connectivity index (χ0) is 9.19. The highest BCUT2D eigenvalue weighted by atomic mass is 32.3. The van der Waals surface area contributed by atoms with Gasteiger partial charge in [-0.3, -0.25) is 0 Å². The summed E-state index contributed by atoms with van der Waals surface area (Å²) in [6.07, 6.45) is 1.21. The Kier molecular flexibility index (Phi) is 2.65. The van der Waals surface area contributed by atoms with Crippen LogP contribution in [0.4, 0.5) is 3.89 Å². The molecule has 0 amide bonds. The largest absolute Gasteiger partial charge is 0.374 e. The van der Waals surface area contributed by atoms with Crippen LogP contribution in [0.1, 0.15) is 12.8 Å². The van der Waals surface area contributed by atoms with Crippen molar-refractivity contribution in [1.29, 1.82) is 5.26 Å². The summed E-state index contributed by atoms with van der Waals surface area (Å²) >= 11 is 0. The summed E-state index contributed by atoms with van der Waals surface area (Å²) in [5.74, 6) is -0.357. The Labute approximate surface area is 70.9 Å². The lowest BCUT2D eigenvalue weighted by atomic mass is 10.0. The summed E-state index contributed by atoms with van der Waals surface area (Å²) in [5, 5.41) is 8.48. The standard InChI is InChI=1S/C6H9FN2O2S/c7-12(10,11)9-3-1-2-6(4-8)5-9/h6H,1-3,5H2. The first kappa shape index (κ1) is 9.42. The van der Waals surface area contributed by atoms with Crippen LogP contribution in [0.25, 0.3) is 0 Å². The van der Waals surface area contributed by atoms with Crippen molar-refractivity contribution in [2.45, 2.75) is 12.8 Å². The van der Waals surface area contributed by atoms with Gasteiger partial charge in [-0.1, -0.05) is 3.89 Å². The van der Waals surface area contributed by atoms with Crippen molar-refractivity contribution in [3.05, 3.63) is 0 Å². The molecule has 12 heavy (non-hydrogen) atoms. The van der Waals surface area contributed by atoms with Gasteiger partial charge in [-0.25, -0.2) is 0 Å². The third kappa shape index (κ3) is 2.16.